The van der Waals surface area contributed by atoms with E-state index in [1.54, 1.807) is 0 Å². The van der Waals surface area contributed by atoms with Crippen molar-refractivity contribution in [2.24, 2.45) is 0 Å². The van der Waals surface area contributed by atoms with Crippen molar-refractivity contribution in [3.05, 3.63) is 0 Å². The van der Waals surface area contributed by atoms with Crippen LogP contribution in [0.3, 0.4) is 0 Å². The van der Waals surface area contributed by atoms with Crippen molar-refractivity contribution in [3.63, 3.8) is 0 Å². The average Bonchev–Trinajstić information content (AvgIpc) is 2.03. The maximum atomic E-state index is 11.0. The predicted molar refractivity (Wildman–Crippen MR) is 50.4 cm³/mol. The molecule has 0 radical (unpaired) electrons. The second kappa shape index (κ2) is 3.94. The lowest BCUT2D eigenvalue weighted by Gasteiger charge is -2.30. The van der Waals surface area contributed by atoms with Crippen LogP contribution in [0.5, 0.6) is 0 Å². The molecule has 0 saturated carbocycles. The molecule has 5 heteroatoms. The Morgan fingerprint density at radius 2 is 1.92 bits per heavy atom. The molecule has 12 heavy (non-hydrogen) atoms. The first-order valence-corrected chi connectivity index (χ1v) is 6.41. The van der Waals surface area contributed by atoms with Gasteiger partial charge in [-0.25, -0.2) is 8.42 Å². The summed E-state index contributed by atoms with van der Waals surface area (Å²) in [5.74, 6) is 1.14. The fraction of sp³-hybridized carbons (Fsp3) is 1.00. The van der Waals surface area contributed by atoms with E-state index in [-0.39, 0.29) is 11.5 Å². The fourth-order valence-corrected chi connectivity index (χ4v) is 2.69. The van der Waals surface area contributed by atoms with Gasteiger partial charge in [0, 0.05) is 25.0 Å². The standard InChI is InChI=1S/C7H14ClNO2S/c1-7(6-8)9-2-4-12(10,11)5-3-9/h7H,2-6H2,1H3. The highest BCUT2D eigenvalue weighted by atomic mass is 35.5. The van der Waals surface area contributed by atoms with Crippen molar-refractivity contribution in [2.45, 2.75) is 13.0 Å². The molecule has 1 saturated heterocycles. The number of halogens is 1. The predicted octanol–water partition coefficient (Wildman–Crippen LogP) is 0.344. The highest BCUT2D eigenvalue weighted by Gasteiger charge is 2.23. The summed E-state index contributed by atoms with van der Waals surface area (Å²) in [6.45, 7) is 3.29. The quantitative estimate of drug-likeness (QED) is 0.619. The molecular formula is C7H14ClNO2S. The third-order valence-corrected chi connectivity index (χ3v) is 4.28. The Morgan fingerprint density at radius 1 is 1.42 bits per heavy atom. The van der Waals surface area contributed by atoms with Crippen molar-refractivity contribution in [2.75, 3.05) is 30.5 Å². The molecule has 0 aliphatic carbocycles. The Bertz CT molecular complexity index is 226. The summed E-state index contributed by atoms with van der Waals surface area (Å²) in [6, 6.07) is 0.294. The van der Waals surface area contributed by atoms with Crippen LogP contribution in [0.2, 0.25) is 0 Å². The highest BCUT2D eigenvalue weighted by molar-refractivity contribution is 7.91. The number of nitrogens with zero attached hydrogens (tertiary/aromatic N) is 1. The lowest BCUT2D eigenvalue weighted by atomic mass is 10.3. The largest absolute Gasteiger partial charge is 0.297 e. The fourth-order valence-electron chi connectivity index (χ4n) is 1.26. The summed E-state index contributed by atoms with van der Waals surface area (Å²) < 4.78 is 22.1. The topological polar surface area (TPSA) is 37.4 Å². The third kappa shape index (κ3) is 2.61. The lowest BCUT2D eigenvalue weighted by Crippen LogP contribution is -2.45. The second-order valence-corrected chi connectivity index (χ2v) is 5.80. The van der Waals surface area contributed by atoms with E-state index in [9.17, 15) is 8.42 Å². The van der Waals surface area contributed by atoms with Crippen molar-refractivity contribution in [1.82, 2.24) is 4.90 Å². The van der Waals surface area contributed by atoms with E-state index in [0.29, 0.717) is 25.0 Å². The number of sulfone groups is 1. The van der Waals surface area contributed by atoms with Crippen LogP contribution < -0.4 is 0 Å². The molecule has 1 rings (SSSR count). The van der Waals surface area contributed by atoms with Gasteiger partial charge in [0.2, 0.25) is 0 Å². The van der Waals surface area contributed by atoms with Crippen LogP contribution in [0, 0.1) is 0 Å². The van der Waals surface area contributed by atoms with E-state index in [2.05, 4.69) is 4.90 Å². The first-order chi connectivity index (χ1) is 5.55. The number of hydrogen-bond acceptors (Lipinski definition) is 3. The maximum absolute atomic E-state index is 11.0. The van der Waals surface area contributed by atoms with Crippen LogP contribution in [-0.4, -0.2) is 49.8 Å². The zero-order valence-electron chi connectivity index (χ0n) is 7.16. The summed E-state index contributed by atoms with van der Waals surface area (Å²) in [5, 5.41) is 0. The first kappa shape index (κ1) is 10.3. The molecule has 1 unspecified atom stereocenters. The van der Waals surface area contributed by atoms with E-state index in [4.69, 9.17) is 11.6 Å². The van der Waals surface area contributed by atoms with Crippen LogP contribution in [0.1, 0.15) is 6.92 Å². The summed E-state index contributed by atoms with van der Waals surface area (Å²) in [7, 11) is -2.74. The van der Waals surface area contributed by atoms with Crippen LogP contribution in [0.4, 0.5) is 0 Å². The third-order valence-electron chi connectivity index (χ3n) is 2.23. The van der Waals surface area contributed by atoms with Gasteiger partial charge in [-0.15, -0.1) is 11.6 Å². The van der Waals surface area contributed by atoms with Crippen molar-refractivity contribution >= 4 is 21.4 Å². The normalized spacial score (nSPS) is 26.8. The molecule has 0 amide bonds. The van der Waals surface area contributed by atoms with Crippen molar-refractivity contribution < 1.29 is 8.42 Å². The van der Waals surface area contributed by atoms with E-state index >= 15 is 0 Å². The van der Waals surface area contributed by atoms with Gasteiger partial charge in [0.05, 0.1) is 11.5 Å². The Labute approximate surface area is 78.6 Å². The minimum absolute atomic E-state index is 0.286. The molecule has 0 N–H and O–H groups in total. The van der Waals surface area contributed by atoms with Crippen molar-refractivity contribution in [3.8, 4) is 0 Å². The van der Waals surface area contributed by atoms with Gasteiger partial charge in [-0.2, -0.15) is 0 Å². The van der Waals surface area contributed by atoms with Gasteiger partial charge in [-0.1, -0.05) is 0 Å². The Kier molecular flexibility index (Phi) is 3.37. The molecule has 0 bridgehead atoms. The molecule has 0 aromatic heterocycles. The van der Waals surface area contributed by atoms with E-state index in [0.717, 1.165) is 0 Å². The van der Waals surface area contributed by atoms with Gasteiger partial charge < -0.3 is 0 Å². The summed E-state index contributed by atoms with van der Waals surface area (Å²) in [6.07, 6.45) is 0. The molecule has 1 aliphatic rings. The summed E-state index contributed by atoms with van der Waals surface area (Å²) >= 11 is 5.67. The van der Waals surface area contributed by atoms with Gasteiger partial charge in [0.25, 0.3) is 0 Å². The van der Waals surface area contributed by atoms with E-state index < -0.39 is 9.84 Å². The molecule has 0 aromatic carbocycles. The maximum Gasteiger partial charge on any atom is 0.152 e. The van der Waals surface area contributed by atoms with Gasteiger partial charge in [-0.3, -0.25) is 4.90 Å². The first-order valence-electron chi connectivity index (χ1n) is 4.05. The van der Waals surface area contributed by atoms with Gasteiger partial charge in [-0.05, 0) is 6.92 Å². The summed E-state index contributed by atoms with van der Waals surface area (Å²) in [5.41, 5.74) is 0. The van der Waals surface area contributed by atoms with Crippen LogP contribution in [0.25, 0.3) is 0 Å². The Morgan fingerprint density at radius 3 is 2.33 bits per heavy atom. The molecule has 72 valence electrons. The lowest BCUT2D eigenvalue weighted by molar-refractivity contribution is 0.243. The number of rotatable bonds is 2. The molecule has 0 aromatic rings. The molecule has 1 aliphatic heterocycles. The van der Waals surface area contributed by atoms with Crippen LogP contribution in [-0.2, 0) is 9.84 Å². The minimum Gasteiger partial charge on any atom is -0.297 e. The van der Waals surface area contributed by atoms with Crippen molar-refractivity contribution in [1.29, 1.82) is 0 Å². The SMILES string of the molecule is CC(CCl)N1CCS(=O)(=O)CC1. The van der Waals surface area contributed by atoms with Crippen LogP contribution in [0.15, 0.2) is 0 Å². The van der Waals surface area contributed by atoms with Gasteiger partial charge in [0.1, 0.15) is 0 Å². The minimum atomic E-state index is -2.74. The zero-order chi connectivity index (χ0) is 9.19. The Hall–Kier alpha value is 0.200. The van der Waals surface area contributed by atoms with Gasteiger partial charge >= 0.3 is 0 Å². The van der Waals surface area contributed by atoms with E-state index in [1.807, 2.05) is 6.92 Å². The molecule has 0 spiro atoms. The molecule has 1 atom stereocenters. The zero-order valence-corrected chi connectivity index (χ0v) is 8.74. The number of hydrogen-bond donors (Lipinski definition) is 0. The van der Waals surface area contributed by atoms with Crippen LogP contribution >= 0.6 is 11.6 Å². The Balaban J connectivity index is 2.46. The summed E-state index contributed by atoms with van der Waals surface area (Å²) in [4.78, 5) is 2.12. The molecule has 3 nitrogen and oxygen atoms in total. The highest BCUT2D eigenvalue weighted by Crippen LogP contribution is 2.08. The van der Waals surface area contributed by atoms with E-state index in [1.165, 1.54) is 0 Å². The molecular weight excluding hydrogens is 198 g/mol. The molecule has 1 heterocycles. The van der Waals surface area contributed by atoms with Gasteiger partial charge in [0.15, 0.2) is 9.84 Å². The average molecular weight is 212 g/mol. The second-order valence-electron chi connectivity index (χ2n) is 3.19. The number of alkyl halides is 1. The smallest absolute Gasteiger partial charge is 0.152 e. The monoisotopic (exact) mass is 211 g/mol. The molecule has 1 fully saturated rings.